The number of urea groups is 1. The SMILES string of the molecule is CC1(C2CC2)NC(=O)N(CC(=O)Nc2ccccc2N2CCC(O)CC2)C1=O. The zero-order valence-corrected chi connectivity index (χ0v) is 16.0. The number of hydrogen-bond donors (Lipinski definition) is 3. The number of aliphatic hydroxyl groups excluding tert-OH is 1. The van der Waals surface area contributed by atoms with Crippen LogP contribution in [0.1, 0.15) is 32.6 Å². The first-order valence-electron chi connectivity index (χ1n) is 9.84. The van der Waals surface area contributed by atoms with Crippen LogP contribution in [0.5, 0.6) is 0 Å². The molecule has 0 bridgehead atoms. The Kier molecular flexibility index (Phi) is 4.74. The zero-order chi connectivity index (χ0) is 19.9. The molecule has 1 saturated carbocycles. The van der Waals surface area contributed by atoms with Gasteiger partial charge in [-0.05, 0) is 50.7 Å². The molecule has 3 N–H and O–H groups in total. The fourth-order valence-electron chi connectivity index (χ4n) is 4.09. The van der Waals surface area contributed by atoms with Crippen LogP contribution in [0.2, 0.25) is 0 Å². The number of para-hydroxylation sites is 2. The van der Waals surface area contributed by atoms with Crippen LogP contribution < -0.4 is 15.5 Å². The number of aliphatic hydroxyl groups is 1. The van der Waals surface area contributed by atoms with Crippen LogP contribution in [0.4, 0.5) is 16.2 Å². The molecule has 28 heavy (non-hydrogen) atoms. The summed E-state index contributed by atoms with van der Waals surface area (Å²) in [7, 11) is 0. The van der Waals surface area contributed by atoms with E-state index < -0.39 is 17.5 Å². The third-order valence-electron chi connectivity index (χ3n) is 5.98. The molecule has 2 saturated heterocycles. The van der Waals surface area contributed by atoms with Gasteiger partial charge in [0, 0.05) is 13.1 Å². The maximum absolute atomic E-state index is 12.7. The minimum absolute atomic E-state index is 0.159. The number of benzene rings is 1. The molecule has 0 radical (unpaired) electrons. The maximum Gasteiger partial charge on any atom is 0.325 e. The number of rotatable bonds is 5. The predicted octanol–water partition coefficient (Wildman–Crippen LogP) is 1.31. The molecule has 0 spiro atoms. The lowest BCUT2D eigenvalue weighted by molar-refractivity contribution is -0.134. The van der Waals surface area contributed by atoms with Crippen molar-refractivity contribution in [1.82, 2.24) is 10.2 Å². The van der Waals surface area contributed by atoms with E-state index in [1.54, 1.807) is 13.0 Å². The van der Waals surface area contributed by atoms with Gasteiger partial charge in [-0.2, -0.15) is 0 Å². The van der Waals surface area contributed by atoms with Gasteiger partial charge in [-0.15, -0.1) is 0 Å². The van der Waals surface area contributed by atoms with Crippen molar-refractivity contribution in [2.45, 2.75) is 44.2 Å². The zero-order valence-electron chi connectivity index (χ0n) is 16.0. The van der Waals surface area contributed by atoms with E-state index >= 15 is 0 Å². The predicted molar refractivity (Wildman–Crippen MR) is 104 cm³/mol. The smallest absolute Gasteiger partial charge is 0.325 e. The Labute approximate surface area is 163 Å². The van der Waals surface area contributed by atoms with Gasteiger partial charge in [0.25, 0.3) is 5.91 Å². The third kappa shape index (κ3) is 3.44. The van der Waals surface area contributed by atoms with Crippen molar-refractivity contribution in [3.63, 3.8) is 0 Å². The van der Waals surface area contributed by atoms with E-state index in [2.05, 4.69) is 15.5 Å². The molecule has 1 aliphatic carbocycles. The van der Waals surface area contributed by atoms with Gasteiger partial charge in [0.15, 0.2) is 0 Å². The van der Waals surface area contributed by atoms with E-state index in [4.69, 9.17) is 0 Å². The van der Waals surface area contributed by atoms with Crippen LogP contribution in [0.25, 0.3) is 0 Å². The molecule has 3 fully saturated rings. The largest absolute Gasteiger partial charge is 0.393 e. The van der Waals surface area contributed by atoms with Gasteiger partial charge in [0.1, 0.15) is 12.1 Å². The molecular formula is C20H26N4O4. The van der Waals surface area contributed by atoms with Crippen molar-refractivity contribution in [3.8, 4) is 0 Å². The molecule has 0 aromatic heterocycles. The molecule has 4 rings (SSSR count). The van der Waals surface area contributed by atoms with Crippen LogP contribution in [-0.2, 0) is 9.59 Å². The normalized spacial score (nSPS) is 25.8. The standard InChI is InChI=1S/C20H26N4O4/c1-20(13-6-7-13)18(27)24(19(28)22-20)12-17(26)21-15-4-2-3-5-16(15)23-10-8-14(25)9-11-23/h2-5,13-14,25H,6-12H2,1H3,(H,21,26)(H,22,28). The van der Waals surface area contributed by atoms with Crippen LogP contribution in [0, 0.1) is 5.92 Å². The van der Waals surface area contributed by atoms with Crippen LogP contribution in [0.15, 0.2) is 24.3 Å². The molecule has 1 unspecified atom stereocenters. The lowest BCUT2D eigenvalue weighted by Crippen LogP contribution is -2.46. The van der Waals surface area contributed by atoms with Gasteiger partial charge < -0.3 is 20.6 Å². The van der Waals surface area contributed by atoms with Gasteiger partial charge in [-0.3, -0.25) is 14.5 Å². The lowest BCUT2D eigenvalue weighted by atomic mass is 9.96. The van der Waals surface area contributed by atoms with E-state index in [1.165, 1.54) is 0 Å². The monoisotopic (exact) mass is 386 g/mol. The average Bonchev–Trinajstić information content (AvgIpc) is 3.49. The first-order chi connectivity index (χ1) is 13.4. The molecule has 1 aromatic rings. The number of piperidine rings is 1. The first kappa shape index (κ1) is 18.7. The molecule has 1 aromatic carbocycles. The van der Waals surface area contributed by atoms with E-state index in [0.717, 1.165) is 23.4 Å². The number of carbonyl (C=O) groups excluding carboxylic acids is 3. The van der Waals surface area contributed by atoms with E-state index in [0.29, 0.717) is 31.6 Å². The summed E-state index contributed by atoms with van der Waals surface area (Å²) in [6.07, 6.45) is 2.93. The molecule has 150 valence electrons. The topological polar surface area (TPSA) is 102 Å². The Morgan fingerprint density at radius 2 is 1.89 bits per heavy atom. The molecular weight excluding hydrogens is 360 g/mol. The van der Waals surface area contributed by atoms with Crippen LogP contribution in [0.3, 0.4) is 0 Å². The van der Waals surface area contributed by atoms with Gasteiger partial charge in [-0.1, -0.05) is 12.1 Å². The average molecular weight is 386 g/mol. The van der Waals surface area contributed by atoms with Gasteiger partial charge in [-0.25, -0.2) is 4.79 Å². The number of carbonyl (C=O) groups is 3. The molecule has 1 atom stereocenters. The Balaban J connectivity index is 1.43. The van der Waals surface area contributed by atoms with E-state index in [9.17, 15) is 19.5 Å². The number of nitrogens with zero attached hydrogens (tertiary/aromatic N) is 2. The maximum atomic E-state index is 12.7. The summed E-state index contributed by atoms with van der Waals surface area (Å²) in [5.41, 5.74) is 0.632. The summed E-state index contributed by atoms with van der Waals surface area (Å²) >= 11 is 0. The van der Waals surface area contributed by atoms with Crippen LogP contribution >= 0.6 is 0 Å². The van der Waals surface area contributed by atoms with Gasteiger partial charge >= 0.3 is 6.03 Å². The number of amides is 4. The Morgan fingerprint density at radius 1 is 1.21 bits per heavy atom. The number of hydrogen-bond acceptors (Lipinski definition) is 5. The molecule has 2 aliphatic heterocycles. The van der Waals surface area contributed by atoms with Gasteiger partial charge in [0.05, 0.1) is 17.5 Å². The lowest BCUT2D eigenvalue weighted by Gasteiger charge is -2.32. The van der Waals surface area contributed by atoms with E-state index in [-0.39, 0.29) is 24.5 Å². The summed E-state index contributed by atoms with van der Waals surface area (Å²) in [5.74, 6) is -0.575. The summed E-state index contributed by atoms with van der Waals surface area (Å²) in [6.45, 7) is 2.85. The second kappa shape index (κ2) is 7.09. The minimum atomic E-state index is -0.885. The minimum Gasteiger partial charge on any atom is -0.393 e. The second-order valence-corrected chi connectivity index (χ2v) is 8.08. The molecule has 2 heterocycles. The summed E-state index contributed by atoms with van der Waals surface area (Å²) < 4.78 is 0. The van der Waals surface area contributed by atoms with Crippen molar-refractivity contribution in [3.05, 3.63) is 24.3 Å². The Bertz CT molecular complexity index is 801. The first-order valence-corrected chi connectivity index (χ1v) is 9.84. The Morgan fingerprint density at radius 3 is 2.57 bits per heavy atom. The van der Waals surface area contributed by atoms with Crippen molar-refractivity contribution < 1.29 is 19.5 Å². The summed E-state index contributed by atoms with van der Waals surface area (Å²) in [5, 5.41) is 15.3. The van der Waals surface area contributed by atoms with Crippen molar-refractivity contribution >= 4 is 29.2 Å². The number of nitrogens with one attached hydrogen (secondary N) is 2. The number of imide groups is 1. The van der Waals surface area contributed by atoms with Crippen molar-refractivity contribution in [2.24, 2.45) is 5.92 Å². The Hall–Kier alpha value is -2.61. The molecule has 8 heteroatoms. The van der Waals surface area contributed by atoms with Gasteiger partial charge in [0.2, 0.25) is 5.91 Å². The highest BCUT2D eigenvalue weighted by atomic mass is 16.3. The quantitative estimate of drug-likeness (QED) is 0.662. The number of anilines is 2. The highest BCUT2D eigenvalue weighted by Crippen LogP contribution is 2.42. The summed E-state index contributed by atoms with van der Waals surface area (Å²) in [4.78, 5) is 40.7. The fraction of sp³-hybridized carbons (Fsp3) is 0.550. The van der Waals surface area contributed by atoms with Crippen molar-refractivity contribution in [2.75, 3.05) is 29.9 Å². The third-order valence-corrected chi connectivity index (χ3v) is 5.98. The second-order valence-electron chi connectivity index (χ2n) is 8.08. The highest BCUT2D eigenvalue weighted by molar-refractivity contribution is 6.10. The fourth-order valence-corrected chi connectivity index (χ4v) is 4.09. The highest BCUT2D eigenvalue weighted by Gasteiger charge is 2.56. The summed E-state index contributed by atoms with van der Waals surface area (Å²) in [6, 6.07) is 6.95. The van der Waals surface area contributed by atoms with Crippen LogP contribution in [-0.4, -0.2) is 59.1 Å². The molecule has 3 aliphatic rings. The molecule has 4 amide bonds. The van der Waals surface area contributed by atoms with Crippen molar-refractivity contribution in [1.29, 1.82) is 0 Å². The van der Waals surface area contributed by atoms with E-state index in [1.807, 2.05) is 18.2 Å². The molecule has 8 nitrogen and oxygen atoms in total.